The number of benzene rings is 1. The number of halogens is 2. The lowest BCUT2D eigenvalue weighted by atomic mass is 9.87. The second-order valence-electron chi connectivity index (χ2n) is 7.07. The van der Waals surface area contributed by atoms with Crippen LogP contribution in [0, 0.1) is 17.6 Å². The number of piperazine rings is 1. The largest absolute Gasteiger partial charge is 0.338 e. The van der Waals surface area contributed by atoms with Crippen molar-refractivity contribution in [3.63, 3.8) is 0 Å². The van der Waals surface area contributed by atoms with Crippen molar-refractivity contribution in [3.05, 3.63) is 53.9 Å². The lowest BCUT2D eigenvalue weighted by Crippen LogP contribution is -2.57. The van der Waals surface area contributed by atoms with Crippen LogP contribution in [0.3, 0.4) is 0 Å². The van der Waals surface area contributed by atoms with Crippen LogP contribution >= 0.6 is 0 Å². The molecule has 4 nitrogen and oxygen atoms in total. The van der Waals surface area contributed by atoms with Crippen molar-refractivity contribution in [1.82, 2.24) is 14.9 Å². The first-order valence-corrected chi connectivity index (χ1v) is 8.88. The normalized spacial score (nSPS) is 24.2. The van der Waals surface area contributed by atoms with Gasteiger partial charge in [0, 0.05) is 32.2 Å². The van der Waals surface area contributed by atoms with E-state index in [1.54, 1.807) is 12.1 Å². The monoisotopic (exact) mass is 344 g/mol. The van der Waals surface area contributed by atoms with Gasteiger partial charge in [0.25, 0.3) is 0 Å². The summed E-state index contributed by atoms with van der Waals surface area (Å²) in [6.07, 6.45) is 5.79. The highest BCUT2D eigenvalue weighted by Crippen LogP contribution is 2.28. The molecule has 25 heavy (non-hydrogen) atoms. The van der Waals surface area contributed by atoms with Crippen molar-refractivity contribution >= 4 is 5.95 Å². The van der Waals surface area contributed by atoms with Gasteiger partial charge in [-0.3, -0.25) is 4.90 Å². The number of piperidine rings is 1. The van der Waals surface area contributed by atoms with Crippen molar-refractivity contribution in [3.8, 4) is 0 Å². The second-order valence-corrected chi connectivity index (χ2v) is 7.07. The van der Waals surface area contributed by atoms with Gasteiger partial charge in [-0.05, 0) is 42.9 Å². The van der Waals surface area contributed by atoms with Gasteiger partial charge >= 0.3 is 0 Å². The van der Waals surface area contributed by atoms with Crippen LogP contribution in [0.2, 0.25) is 0 Å². The van der Waals surface area contributed by atoms with E-state index in [0.717, 1.165) is 39.0 Å². The van der Waals surface area contributed by atoms with Gasteiger partial charge in [-0.1, -0.05) is 12.1 Å². The molecule has 0 amide bonds. The summed E-state index contributed by atoms with van der Waals surface area (Å²) in [4.78, 5) is 12.9. The van der Waals surface area contributed by atoms with Crippen LogP contribution in [0.4, 0.5) is 14.7 Å². The maximum Gasteiger partial charge on any atom is 0.225 e. The highest BCUT2D eigenvalue weighted by molar-refractivity contribution is 5.30. The van der Waals surface area contributed by atoms with Gasteiger partial charge in [-0.15, -0.1) is 0 Å². The molecule has 2 unspecified atom stereocenters. The highest BCUT2D eigenvalue weighted by atomic mass is 19.1. The zero-order valence-electron chi connectivity index (χ0n) is 14.1. The molecule has 0 bridgehead atoms. The maximum atomic E-state index is 13.0. The van der Waals surface area contributed by atoms with Gasteiger partial charge < -0.3 is 4.90 Å². The highest BCUT2D eigenvalue weighted by Gasteiger charge is 2.33. The van der Waals surface area contributed by atoms with Crippen LogP contribution in [-0.2, 0) is 6.42 Å². The van der Waals surface area contributed by atoms with E-state index in [2.05, 4.69) is 19.8 Å². The third-order valence-electron chi connectivity index (χ3n) is 5.33. The van der Waals surface area contributed by atoms with E-state index < -0.39 is 5.82 Å². The summed E-state index contributed by atoms with van der Waals surface area (Å²) < 4.78 is 26.0. The molecule has 1 aromatic carbocycles. The Hall–Kier alpha value is -2.08. The predicted molar refractivity (Wildman–Crippen MR) is 92.4 cm³/mol. The van der Waals surface area contributed by atoms with E-state index in [1.165, 1.54) is 24.4 Å². The van der Waals surface area contributed by atoms with Crippen LogP contribution in [0.1, 0.15) is 18.4 Å². The molecule has 1 aromatic heterocycles. The van der Waals surface area contributed by atoms with E-state index in [1.807, 2.05) is 12.1 Å². The van der Waals surface area contributed by atoms with Crippen molar-refractivity contribution in [1.29, 1.82) is 0 Å². The smallest absolute Gasteiger partial charge is 0.225 e. The summed E-state index contributed by atoms with van der Waals surface area (Å²) in [6.45, 7) is 3.83. The molecule has 0 radical (unpaired) electrons. The molecular weight excluding hydrogens is 322 g/mol. The van der Waals surface area contributed by atoms with Crippen LogP contribution in [0.15, 0.2) is 36.7 Å². The Morgan fingerprint density at radius 2 is 1.68 bits per heavy atom. The fourth-order valence-corrected chi connectivity index (χ4v) is 4.03. The van der Waals surface area contributed by atoms with Crippen LogP contribution in [0.25, 0.3) is 0 Å². The number of fused-ring (bicyclic) bond motifs is 1. The molecule has 2 aromatic rings. The Morgan fingerprint density at radius 3 is 2.44 bits per heavy atom. The number of anilines is 1. The van der Waals surface area contributed by atoms with Crippen LogP contribution in [0.5, 0.6) is 0 Å². The van der Waals surface area contributed by atoms with Gasteiger partial charge in [-0.2, -0.15) is 0 Å². The molecular formula is C19H22F2N4. The summed E-state index contributed by atoms with van der Waals surface area (Å²) in [5, 5.41) is 0. The first-order valence-electron chi connectivity index (χ1n) is 8.88. The van der Waals surface area contributed by atoms with E-state index in [0.29, 0.717) is 17.9 Å². The second kappa shape index (κ2) is 7.04. The molecule has 4 rings (SSSR count). The van der Waals surface area contributed by atoms with E-state index in [4.69, 9.17) is 0 Å². The molecule has 0 N–H and O–H groups in total. The van der Waals surface area contributed by atoms with Crippen molar-refractivity contribution in [2.45, 2.75) is 25.3 Å². The Balaban J connectivity index is 1.35. The Bertz CT molecular complexity index is 704. The number of nitrogens with zero attached hydrogens (tertiary/aromatic N) is 4. The molecule has 2 aliphatic rings. The molecule has 3 heterocycles. The Morgan fingerprint density at radius 1 is 0.920 bits per heavy atom. The number of rotatable bonds is 3. The maximum absolute atomic E-state index is 13.0. The number of aromatic nitrogens is 2. The molecule has 0 aliphatic carbocycles. The summed E-state index contributed by atoms with van der Waals surface area (Å²) in [6, 6.07) is 7.38. The zero-order chi connectivity index (χ0) is 17.2. The van der Waals surface area contributed by atoms with Crippen molar-refractivity contribution in [2.75, 3.05) is 31.1 Å². The summed E-state index contributed by atoms with van der Waals surface area (Å²) in [5.74, 6) is 0.667. The topological polar surface area (TPSA) is 32.3 Å². The van der Waals surface area contributed by atoms with Crippen molar-refractivity contribution < 1.29 is 8.78 Å². The Kier molecular flexibility index (Phi) is 4.61. The average molecular weight is 344 g/mol. The van der Waals surface area contributed by atoms with Crippen LogP contribution in [-0.4, -0.2) is 47.1 Å². The molecule has 0 saturated carbocycles. The fraction of sp³-hybridized carbons (Fsp3) is 0.474. The SMILES string of the molecule is Fc1ccc(CC2CCC3CN(c4ncc(F)cn4)CCN3C2)cc1. The van der Waals surface area contributed by atoms with Gasteiger partial charge in [0.05, 0.1) is 12.4 Å². The lowest BCUT2D eigenvalue weighted by Gasteiger charge is -2.46. The number of hydrogen-bond donors (Lipinski definition) is 0. The van der Waals surface area contributed by atoms with Gasteiger partial charge in [-0.25, -0.2) is 18.7 Å². The van der Waals surface area contributed by atoms with Crippen LogP contribution < -0.4 is 4.90 Å². The Labute approximate surface area is 146 Å². The minimum atomic E-state index is -0.399. The standard InChI is InChI=1S/C19H22F2N4/c20-16-4-1-14(2-5-16)9-15-3-6-18-13-25(8-7-24(18)12-15)19-22-10-17(21)11-23-19/h1-2,4-5,10-11,15,18H,3,6-9,12-13H2. The molecule has 2 fully saturated rings. The minimum absolute atomic E-state index is 0.174. The first-order chi connectivity index (χ1) is 12.2. The van der Waals surface area contributed by atoms with E-state index in [9.17, 15) is 8.78 Å². The molecule has 2 aliphatic heterocycles. The lowest BCUT2D eigenvalue weighted by molar-refractivity contribution is 0.0951. The molecule has 0 spiro atoms. The molecule has 132 valence electrons. The van der Waals surface area contributed by atoms with Gasteiger partial charge in [0.15, 0.2) is 5.82 Å². The summed E-state index contributed by atoms with van der Waals surface area (Å²) >= 11 is 0. The van der Waals surface area contributed by atoms with Crippen molar-refractivity contribution in [2.24, 2.45) is 5.92 Å². The third-order valence-corrected chi connectivity index (χ3v) is 5.33. The zero-order valence-corrected chi connectivity index (χ0v) is 14.1. The van der Waals surface area contributed by atoms with E-state index in [-0.39, 0.29) is 5.82 Å². The van der Waals surface area contributed by atoms with Gasteiger partial charge in [0.1, 0.15) is 5.82 Å². The average Bonchev–Trinajstić information content (AvgIpc) is 2.64. The molecule has 2 saturated heterocycles. The predicted octanol–water partition coefficient (Wildman–Crippen LogP) is 2.90. The van der Waals surface area contributed by atoms with Gasteiger partial charge in [0.2, 0.25) is 5.95 Å². The number of hydrogen-bond acceptors (Lipinski definition) is 4. The summed E-state index contributed by atoms with van der Waals surface area (Å²) in [5.41, 5.74) is 1.21. The molecule has 6 heteroatoms. The van der Waals surface area contributed by atoms with E-state index >= 15 is 0 Å². The molecule has 2 atom stereocenters. The summed E-state index contributed by atoms with van der Waals surface area (Å²) in [7, 11) is 0. The quantitative estimate of drug-likeness (QED) is 0.857. The minimum Gasteiger partial charge on any atom is -0.338 e. The fourth-order valence-electron chi connectivity index (χ4n) is 4.03. The third kappa shape index (κ3) is 3.79. The first kappa shape index (κ1) is 16.4.